The third kappa shape index (κ3) is 8.56. The molecule has 2 saturated heterocycles. The fraction of sp³-hybridized carbons (Fsp3) is 0.326. The third-order valence-electron chi connectivity index (χ3n) is 11.8. The van der Waals surface area contributed by atoms with Crippen LogP contribution in [0.15, 0.2) is 79.0 Å². The average Bonchev–Trinajstić information content (AvgIpc) is 3.82. The first-order valence-electron chi connectivity index (χ1n) is 20.5. The fourth-order valence-electron chi connectivity index (χ4n) is 8.61. The zero-order valence-corrected chi connectivity index (χ0v) is 35.8. The van der Waals surface area contributed by atoms with Gasteiger partial charge >= 0.3 is 18.3 Å². The van der Waals surface area contributed by atoms with E-state index in [4.69, 9.17) is 50.2 Å². The lowest BCUT2D eigenvalue weighted by molar-refractivity contribution is -0.137. The molecule has 0 radical (unpaired) electrons. The minimum absolute atomic E-state index is 0.00693. The zero-order valence-electron chi connectivity index (χ0n) is 35.0. The summed E-state index contributed by atoms with van der Waals surface area (Å²) in [6.45, 7) is 3.16. The van der Waals surface area contributed by atoms with E-state index < -0.39 is 23.5 Å². The van der Waals surface area contributed by atoms with Crippen molar-refractivity contribution in [1.29, 1.82) is 0 Å². The van der Waals surface area contributed by atoms with Gasteiger partial charge in [0.1, 0.15) is 35.6 Å². The number of hydrogen-bond acceptors (Lipinski definition) is 12. The molecule has 0 atom stereocenters. The highest BCUT2D eigenvalue weighted by Crippen LogP contribution is 2.51. The first-order valence-corrected chi connectivity index (χ1v) is 20.9. The smallest absolute Gasteiger partial charge is 0.418 e. The van der Waals surface area contributed by atoms with E-state index in [2.05, 4.69) is 10.3 Å². The Bertz CT molecular complexity index is 2660. The number of halogens is 4. The van der Waals surface area contributed by atoms with E-state index in [0.717, 1.165) is 24.0 Å². The topological polar surface area (TPSA) is 154 Å². The molecule has 6 aromatic rings. The lowest BCUT2D eigenvalue weighted by Crippen LogP contribution is -2.38. The van der Waals surface area contributed by atoms with Crippen molar-refractivity contribution >= 4 is 46.1 Å². The number of nitrogens with zero attached hydrogens (tertiary/aromatic N) is 6. The van der Waals surface area contributed by atoms with Gasteiger partial charge in [-0.2, -0.15) is 23.1 Å². The van der Waals surface area contributed by atoms with Crippen LogP contribution in [0.1, 0.15) is 40.7 Å². The zero-order chi connectivity index (χ0) is 44.8. The molecule has 2 bridgehead atoms. The van der Waals surface area contributed by atoms with E-state index in [1.54, 1.807) is 26.4 Å². The minimum Gasteiger partial charge on any atom is -0.497 e. The van der Waals surface area contributed by atoms with Crippen molar-refractivity contribution in [2.75, 3.05) is 55.7 Å². The molecule has 3 aliphatic heterocycles. The molecule has 3 fully saturated rings. The summed E-state index contributed by atoms with van der Waals surface area (Å²) in [6.07, 6.45) is -2.78. The molecule has 0 unspecified atom stereocenters. The Kier molecular flexibility index (Phi) is 11.5. The van der Waals surface area contributed by atoms with Gasteiger partial charge in [-0.3, -0.25) is 5.32 Å². The molecule has 332 valence electrons. The van der Waals surface area contributed by atoms with Crippen LogP contribution >= 0.6 is 11.6 Å². The normalized spacial score (nSPS) is 17.6. The number of methoxy groups -OCH3 is 2. The number of carbonyl (C=O) groups is 1. The Morgan fingerprint density at radius 2 is 1.69 bits per heavy atom. The standard InChI is InChI=1S/C46H43ClF3N7O7/c1-26-17-35(57(21-27-6-10-30(60-2)11-7-27)22-28-8-12-31(61-3)13-9-28)53-39(37(26)46(48,49)50)33-18-34-36-40(38(33)47)62-16-15-56(23-29-5-4-14-51-41(29)54-44(58)59)42(36)55-43(52-34)64-25-45-19-32(20-45)63-24-45/h4-14,17-18,32H,15-16,19-25H2,1-3H3,(H,51,54)(H,58,59). The van der Waals surface area contributed by atoms with Gasteiger partial charge in [-0.05, 0) is 78.9 Å². The SMILES string of the molecule is COc1ccc(CN(Cc2ccc(OC)cc2)c2cc(C)c(C(F)(F)F)c(-c3cc4nc(OCC56COC(C5)C6)nc5c4c(c3Cl)OCCN5Cc3cccnc3NC(=O)O)n2)cc1. The second-order valence-electron chi connectivity index (χ2n) is 16.2. The summed E-state index contributed by atoms with van der Waals surface area (Å²) >= 11 is 7.25. The van der Waals surface area contributed by atoms with Gasteiger partial charge in [-0.25, -0.2) is 14.8 Å². The monoisotopic (exact) mass is 897 g/mol. The van der Waals surface area contributed by atoms with Gasteiger partial charge in [0.25, 0.3) is 0 Å². The Morgan fingerprint density at radius 3 is 2.30 bits per heavy atom. The number of benzene rings is 3. The summed E-state index contributed by atoms with van der Waals surface area (Å²) in [6, 6.07) is 21.2. The predicted molar refractivity (Wildman–Crippen MR) is 233 cm³/mol. The number of nitrogens with one attached hydrogen (secondary N) is 1. The second-order valence-corrected chi connectivity index (χ2v) is 16.6. The highest BCUT2D eigenvalue weighted by molar-refractivity contribution is 6.36. The minimum atomic E-state index is -4.84. The van der Waals surface area contributed by atoms with E-state index in [0.29, 0.717) is 34.9 Å². The molecule has 1 saturated carbocycles. The van der Waals surface area contributed by atoms with Gasteiger partial charge in [0.15, 0.2) is 5.75 Å². The van der Waals surface area contributed by atoms with E-state index in [-0.39, 0.29) is 96.0 Å². The molecule has 3 aromatic heterocycles. The number of hydrogen-bond donors (Lipinski definition) is 2. The van der Waals surface area contributed by atoms with Gasteiger partial charge in [0.2, 0.25) is 0 Å². The van der Waals surface area contributed by atoms with Gasteiger partial charge in [0.05, 0.1) is 67.3 Å². The maximum atomic E-state index is 15.4. The Labute approximate surface area is 370 Å². The van der Waals surface area contributed by atoms with Crippen molar-refractivity contribution in [2.24, 2.45) is 5.41 Å². The molecule has 3 aromatic carbocycles. The number of aromatic nitrogens is 4. The Morgan fingerprint density at radius 1 is 1.00 bits per heavy atom. The molecule has 1 aliphatic carbocycles. The van der Waals surface area contributed by atoms with Crippen LogP contribution in [0, 0.1) is 12.3 Å². The molecular formula is C46H43ClF3N7O7. The quantitative estimate of drug-likeness (QED) is 0.107. The van der Waals surface area contributed by atoms with E-state index in [1.807, 2.05) is 58.3 Å². The van der Waals surface area contributed by atoms with Crippen molar-refractivity contribution in [3.63, 3.8) is 0 Å². The molecule has 4 aliphatic rings. The lowest BCUT2D eigenvalue weighted by atomic mass is 9.71. The first-order chi connectivity index (χ1) is 30.8. The van der Waals surface area contributed by atoms with Crippen LogP contribution in [0.25, 0.3) is 22.2 Å². The highest BCUT2D eigenvalue weighted by Gasteiger charge is 2.52. The third-order valence-corrected chi connectivity index (χ3v) is 12.2. The number of amides is 1. The molecule has 0 spiro atoms. The second kappa shape index (κ2) is 17.2. The first kappa shape index (κ1) is 42.7. The van der Waals surface area contributed by atoms with Crippen LogP contribution in [0.2, 0.25) is 5.02 Å². The Balaban J connectivity index is 1.19. The number of rotatable bonds is 14. The van der Waals surface area contributed by atoms with Crippen LogP contribution in [-0.2, 0) is 30.5 Å². The molecule has 64 heavy (non-hydrogen) atoms. The summed E-state index contributed by atoms with van der Waals surface area (Å²) in [5.74, 6) is 2.13. The molecule has 10 rings (SSSR count). The van der Waals surface area contributed by atoms with Crippen molar-refractivity contribution in [1.82, 2.24) is 19.9 Å². The number of aryl methyl sites for hydroxylation is 1. The van der Waals surface area contributed by atoms with Crippen molar-refractivity contribution in [3.8, 4) is 34.5 Å². The van der Waals surface area contributed by atoms with Gasteiger partial charge in [-0.1, -0.05) is 41.9 Å². The van der Waals surface area contributed by atoms with Crippen LogP contribution in [-0.4, -0.2) is 77.8 Å². The van der Waals surface area contributed by atoms with Crippen LogP contribution in [0.3, 0.4) is 0 Å². The predicted octanol–water partition coefficient (Wildman–Crippen LogP) is 9.34. The van der Waals surface area contributed by atoms with Gasteiger partial charge in [0, 0.05) is 42.4 Å². The lowest BCUT2D eigenvalue weighted by Gasteiger charge is -2.34. The highest BCUT2D eigenvalue weighted by atomic mass is 35.5. The molecule has 1 amide bonds. The summed E-state index contributed by atoms with van der Waals surface area (Å²) in [5, 5.41) is 12.1. The van der Waals surface area contributed by atoms with Gasteiger partial charge in [-0.15, -0.1) is 0 Å². The van der Waals surface area contributed by atoms with Crippen molar-refractivity contribution in [3.05, 3.63) is 112 Å². The average molecular weight is 898 g/mol. The van der Waals surface area contributed by atoms with Crippen LogP contribution in [0.4, 0.5) is 35.4 Å². The van der Waals surface area contributed by atoms with Crippen molar-refractivity contribution in [2.45, 2.75) is 51.7 Å². The largest absolute Gasteiger partial charge is 0.497 e. The summed E-state index contributed by atoms with van der Waals surface area (Å²) in [4.78, 5) is 34.1. The number of ether oxygens (including phenoxy) is 5. The maximum Gasteiger partial charge on any atom is 0.418 e. The van der Waals surface area contributed by atoms with E-state index >= 15 is 13.2 Å². The number of fused-ring (bicyclic) bond motifs is 1. The molecule has 2 N–H and O–H groups in total. The molecule has 6 heterocycles. The number of carboxylic acid groups (broad SMARTS) is 1. The summed E-state index contributed by atoms with van der Waals surface area (Å²) < 4.78 is 75.4. The molecular weight excluding hydrogens is 855 g/mol. The van der Waals surface area contributed by atoms with Crippen LogP contribution < -0.4 is 34.1 Å². The number of anilines is 3. The number of alkyl halides is 3. The maximum absolute atomic E-state index is 15.4. The van der Waals surface area contributed by atoms with E-state index in [1.165, 1.54) is 25.3 Å². The Hall–Kier alpha value is -6.59. The summed E-state index contributed by atoms with van der Waals surface area (Å²) in [5.41, 5.74) is 0.800. The molecule has 14 nitrogen and oxygen atoms in total. The fourth-order valence-corrected chi connectivity index (χ4v) is 8.90. The molecule has 18 heteroatoms. The van der Waals surface area contributed by atoms with E-state index in [9.17, 15) is 9.90 Å². The van der Waals surface area contributed by atoms with Crippen LogP contribution in [0.5, 0.6) is 23.3 Å². The summed E-state index contributed by atoms with van der Waals surface area (Å²) in [7, 11) is 3.15. The number of pyridine rings is 2. The van der Waals surface area contributed by atoms with Gasteiger partial charge < -0.3 is 38.6 Å². The van der Waals surface area contributed by atoms with Crippen molar-refractivity contribution < 1.29 is 46.8 Å².